The van der Waals surface area contributed by atoms with Gasteiger partial charge in [0.05, 0.1) is 18.2 Å². The van der Waals surface area contributed by atoms with E-state index in [1.807, 2.05) is 4.57 Å². The van der Waals surface area contributed by atoms with Crippen LogP contribution in [0.25, 0.3) is 0 Å². The molecule has 2 N–H and O–H groups in total. The number of carbonyl (C=O) groups is 1. The first-order valence-electron chi connectivity index (χ1n) is 4.66. The number of rotatable bonds is 4. The fraction of sp³-hybridized carbons (Fsp3) is 0.556. The first-order valence-corrected chi connectivity index (χ1v) is 4.66. The Morgan fingerprint density at radius 3 is 3.00 bits per heavy atom. The maximum Gasteiger partial charge on any atom is 0.326 e. The highest BCUT2D eigenvalue weighted by Gasteiger charge is 2.29. The van der Waals surface area contributed by atoms with E-state index < -0.39 is 12.0 Å². The summed E-state index contributed by atoms with van der Waals surface area (Å²) in [6.07, 6.45) is 5.58. The first kappa shape index (κ1) is 9.21. The zero-order valence-electron chi connectivity index (χ0n) is 7.97. The fourth-order valence-corrected chi connectivity index (χ4v) is 1.59. The van der Waals surface area contributed by atoms with E-state index in [1.165, 1.54) is 0 Å². The maximum absolute atomic E-state index is 10.9. The Bertz CT molecular complexity index is 344. The molecule has 1 saturated carbocycles. The third-order valence-corrected chi connectivity index (χ3v) is 2.47. The van der Waals surface area contributed by atoms with Crippen LogP contribution >= 0.6 is 0 Å². The molecule has 0 aromatic carbocycles. The van der Waals surface area contributed by atoms with Gasteiger partial charge in [-0.25, -0.2) is 4.98 Å². The average Bonchev–Trinajstić information content (AvgIpc) is 2.88. The van der Waals surface area contributed by atoms with Crippen molar-refractivity contribution in [3.8, 4) is 0 Å². The van der Waals surface area contributed by atoms with Gasteiger partial charge in [-0.1, -0.05) is 0 Å². The molecular weight excluding hydrogens is 182 g/mol. The number of carboxylic acid groups (broad SMARTS) is 1. The molecule has 0 spiro atoms. The largest absolute Gasteiger partial charge is 0.480 e. The van der Waals surface area contributed by atoms with E-state index in [9.17, 15) is 4.79 Å². The summed E-state index contributed by atoms with van der Waals surface area (Å²) in [5.41, 5.74) is 0.738. The van der Waals surface area contributed by atoms with Crippen molar-refractivity contribution in [2.45, 2.75) is 24.9 Å². The van der Waals surface area contributed by atoms with Gasteiger partial charge in [0.15, 0.2) is 0 Å². The number of aromatic nitrogens is 2. The van der Waals surface area contributed by atoms with Crippen LogP contribution in [0.2, 0.25) is 0 Å². The number of carboxylic acids is 1. The van der Waals surface area contributed by atoms with Crippen LogP contribution in [0.15, 0.2) is 12.5 Å². The summed E-state index contributed by atoms with van der Waals surface area (Å²) < 4.78 is 1.95. The van der Waals surface area contributed by atoms with E-state index in [1.54, 1.807) is 19.6 Å². The van der Waals surface area contributed by atoms with E-state index in [2.05, 4.69) is 10.3 Å². The summed E-state index contributed by atoms with van der Waals surface area (Å²) in [6, 6.07) is -0.194. The Morgan fingerprint density at radius 1 is 1.79 bits per heavy atom. The van der Waals surface area contributed by atoms with E-state index in [4.69, 9.17) is 5.11 Å². The summed E-state index contributed by atoms with van der Waals surface area (Å²) >= 11 is 0. The zero-order valence-corrected chi connectivity index (χ0v) is 7.97. The van der Waals surface area contributed by atoms with Gasteiger partial charge < -0.3 is 15.0 Å². The van der Waals surface area contributed by atoms with Crippen molar-refractivity contribution >= 4 is 5.97 Å². The van der Waals surface area contributed by atoms with E-state index in [-0.39, 0.29) is 0 Å². The molecule has 76 valence electrons. The van der Waals surface area contributed by atoms with E-state index in [0.717, 1.165) is 18.5 Å². The molecular formula is C9H13N3O2. The third kappa shape index (κ3) is 1.50. The highest BCUT2D eigenvalue weighted by atomic mass is 16.4. The molecule has 1 atom stereocenters. The van der Waals surface area contributed by atoms with Crippen molar-refractivity contribution in [3.63, 3.8) is 0 Å². The number of imidazole rings is 1. The van der Waals surface area contributed by atoms with Gasteiger partial charge in [-0.2, -0.15) is 0 Å². The molecule has 1 unspecified atom stereocenters. The van der Waals surface area contributed by atoms with Crippen LogP contribution in [0.3, 0.4) is 0 Å². The SMILES string of the molecule is CNC(C(=O)O)c1cncn1C1CC1. The Hall–Kier alpha value is -1.36. The van der Waals surface area contributed by atoms with E-state index >= 15 is 0 Å². The van der Waals surface area contributed by atoms with Crippen LogP contribution < -0.4 is 5.32 Å². The van der Waals surface area contributed by atoms with Crippen molar-refractivity contribution in [1.82, 2.24) is 14.9 Å². The van der Waals surface area contributed by atoms with Gasteiger partial charge in [0, 0.05) is 6.04 Å². The Morgan fingerprint density at radius 2 is 2.50 bits per heavy atom. The van der Waals surface area contributed by atoms with Crippen LogP contribution in [0.4, 0.5) is 0 Å². The molecule has 14 heavy (non-hydrogen) atoms. The fourth-order valence-electron chi connectivity index (χ4n) is 1.59. The molecule has 2 rings (SSSR count). The second-order valence-electron chi connectivity index (χ2n) is 3.52. The van der Waals surface area contributed by atoms with Crippen LogP contribution in [-0.2, 0) is 4.79 Å². The second-order valence-corrected chi connectivity index (χ2v) is 3.52. The monoisotopic (exact) mass is 195 g/mol. The molecule has 1 heterocycles. The normalized spacial score (nSPS) is 18.1. The molecule has 1 aliphatic carbocycles. The van der Waals surface area contributed by atoms with Crippen molar-refractivity contribution in [2.75, 3.05) is 7.05 Å². The molecule has 0 bridgehead atoms. The predicted octanol–water partition coefficient (Wildman–Crippen LogP) is 0.563. The lowest BCUT2D eigenvalue weighted by Crippen LogP contribution is -2.27. The number of nitrogens with zero attached hydrogens (tertiary/aromatic N) is 2. The quantitative estimate of drug-likeness (QED) is 0.736. The van der Waals surface area contributed by atoms with Gasteiger partial charge in [0.25, 0.3) is 0 Å². The second kappa shape index (κ2) is 3.42. The van der Waals surface area contributed by atoms with Gasteiger partial charge in [-0.05, 0) is 19.9 Å². The summed E-state index contributed by atoms with van der Waals surface area (Å²) in [4.78, 5) is 14.9. The van der Waals surface area contributed by atoms with Crippen molar-refractivity contribution in [3.05, 3.63) is 18.2 Å². The molecule has 0 amide bonds. The summed E-state index contributed by atoms with van der Waals surface area (Å²) in [5.74, 6) is -0.866. The molecule has 5 heteroatoms. The van der Waals surface area contributed by atoms with Gasteiger partial charge in [0.1, 0.15) is 6.04 Å². The number of nitrogens with one attached hydrogen (secondary N) is 1. The highest BCUT2D eigenvalue weighted by Crippen LogP contribution is 2.36. The van der Waals surface area contributed by atoms with Crippen molar-refractivity contribution in [1.29, 1.82) is 0 Å². The van der Waals surface area contributed by atoms with Crippen LogP contribution in [-0.4, -0.2) is 27.7 Å². The highest BCUT2D eigenvalue weighted by molar-refractivity contribution is 5.74. The lowest BCUT2D eigenvalue weighted by Gasteiger charge is -2.13. The summed E-state index contributed by atoms with van der Waals surface area (Å²) in [6.45, 7) is 0. The summed E-state index contributed by atoms with van der Waals surface area (Å²) in [5, 5.41) is 11.7. The standard InChI is InChI=1S/C9H13N3O2/c1-10-8(9(13)14)7-4-11-5-12(7)6-2-3-6/h4-6,8,10H,2-3H2,1H3,(H,13,14). The number of aliphatic carboxylic acids is 1. The van der Waals surface area contributed by atoms with Crippen LogP contribution in [0.1, 0.15) is 30.6 Å². The van der Waals surface area contributed by atoms with E-state index in [0.29, 0.717) is 6.04 Å². The molecule has 0 saturated heterocycles. The Balaban J connectivity index is 2.28. The molecule has 0 aliphatic heterocycles. The molecule has 5 nitrogen and oxygen atoms in total. The number of hydrogen-bond acceptors (Lipinski definition) is 3. The lowest BCUT2D eigenvalue weighted by molar-refractivity contribution is -0.139. The maximum atomic E-state index is 10.9. The predicted molar refractivity (Wildman–Crippen MR) is 49.9 cm³/mol. The van der Waals surface area contributed by atoms with Crippen molar-refractivity contribution < 1.29 is 9.90 Å². The Labute approximate surface area is 81.8 Å². The minimum absolute atomic E-state index is 0.461. The topological polar surface area (TPSA) is 67.2 Å². The van der Waals surface area contributed by atoms with Gasteiger partial charge in [0.2, 0.25) is 0 Å². The molecule has 1 fully saturated rings. The first-order chi connectivity index (χ1) is 6.74. The minimum atomic E-state index is -0.866. The van der Waals surface area contributed by atoms with Gasteiger partial charge >= 0.3 is 5.97 Å². The smallest absolute Gasteiger partial charge is 0.326 e. The van der Waals surface area contributed by atoms with Gasteiger partial charge in [-0.15, -0.1) is 0 Å². The average molecular weight is 195 g/mol. The van der Waals surface area contributed by atoms with Crippen LogP contribution in [0.5, 0.6) is 0 Å². The molecule has 0 radical (unpaired) electrons. The Kier molecular flexibility index (Phi) is 2.25. The van der Waals surface area contributed by atoms with Crippen molar-refractivity contribution in [2.24, 2.45) is 0 Å². The number of likely N-dealkylation sites (N-methyl/N-ethyl adjacent to an activating group) is 1. The molecule has 1 aliphatic rings. The molecule has 1 aromatic heterocycles. The van der Waals surface area contributed by atoms with Crippen LogP contribution in [0, 0.1) is 0 Å². The summed E-state index contributed by atoms with van der Waals surface area (Å²) in [7, 11) is 1.64. The lowest BCUT2D eigenvalue weighted by atomic mass is 10.2. The molecule has 1 aromatic rings. The number of hydrogen-bond donors (Lipinski definition) is 2. The zero-order chi connectivity index (χ0) is 10.1. The minimum Gasteiger partial charge on any atom is -0.480 e. The third-order valence-electron chi connectivity index (χ3n) is 2.47. The van der Waals surface area contributed by atoms with Gasteiger partial charge in [-0.3, -0.25) is 4.79 Å².